The molecule has 0 aliphatic rings. The second-order valence-electron chi connectivity index (χ2n) is 5.22. The number of amides is 1. The molecule has 3 aromatic rings. The van der Waals surface area contributed by atoms with E-state index in [1.807, 2.05) is 24.3 Å². The first-order valence-corrected chi connectivity index (χ1v) is 9.64. The molecular weight excluding hydrogens is 384 g/mol. The quantitative estimate of drug-likeness (QED) is 0.279. The van der Waals surface area contributed by atoms with Gasteiger partial charge in [-0.3, -0.25) is 14.9 Å². The van der Waals surface area contributed by atoms with E-state index in [0.29, 0.717) is 5.56 Å². The van der Waals surface area contributed by atoms with Crippen LogP contribution in [0, 0.1) is 10.1 Å². The molecule has 9 heteroatoms. The first-order valence-electron chi connectivity index (χ1n) is 7.84. The minimum absolute atomic E-state index is 0.0124. The van der Waals surface area contributed by atoms with E-state index >= 15 is 0 Å². The third-order valence-corrected chi connectivity index (χ3v) is 5.54. The maximum absolute atomic E-state index is 11.8. The van der Waals surface area contributed by atoms with Crippen molar-refractivity contribution >= 4 is 57.2 Å². The number of thioether (sulfide) groups is 1. The Hall–Kier alpha value is -3.04. The van der Waals surface area contributed by atoms with Crippen molar-refractivity contribution in [2.45, 2.75) is 4.34 Å². The molecular formula is C18H14N4O3S2. The van der Waals surface area contributed by atoms with Crippen molar-refractivity contribution < 1.29 is 9.72 Å². The van der Waals surface area contributed by atoms with Crippen molar-refractivity contribution in [3.8, 4) is 0 Å². The average molecular weight is 398 g/mol. The molecule has 1 heterocycles. The molecule has 0 bridgehead atoms. The Bertz CT molecular complexity index is 997. The molecule has 0 spiro atoms. The second-order valence-corrected chi connectivity index (χ2v) is 7.48. The van der Waals surface area contributed by atoms with Crippen LogP contribution >= 0.6 is 23.1 Å². The van der Waals surface area contributed by atoms with Gasteiger partial charge >= 0.3 is 0 Å². The number of nitrogens with one attached hydrogen (secondary N) is 1. The number of hydrogen-bond donors (Lipinski definition) is 1. The number of nitrogens with zero attached hydrogens (tertiary/aromatic N) is 3. The lowest BCUT2D eigenvalue weighted by Gasteiger charge is -1.97. The maximum atomic E-state index is 11.8. The zero-order valence-electron chi connectivity index (χ0n) is 13.9. The first kappa shape index (κ1) is 18.7. The van der Waals surface area contributed by atoms with Gasteiger partial charge in [0.05, 0.1) is 26.5 Å². The van der Waals surface area contributed by atoms with Crippen LogP contribution in [0.25, 0.3) is 16.3 Å². The third kappa shape index (κ3) is 5.22. The van der Waals surface area contributed by atoms with Gasteiger partial charge in [-0.1, -0.05) is 36.0 Å². The molecule has 1 N–H and O–H groups in total. The summed E-state index contributed by atoms with van der Waals surface area (Å²) in [6, 6.07) is 14.2. The summed E-state index contributed by atoms with van der Waals surface area (Å²) < 4.78 is 1.91. The Balaban J connectivity index is 1.48. The molecule has 3 rings (SSSR count). The Kier molecular flexibility index (Phi) is 6.29. The smallest absolute Gasteiger partial charge is 0.272 e. The predicted molar refractivity (Wildman–Crippen MR) is 109 cm³/mol. The molecule has 1 amide bonds. The van der Waals surface area contributed by atoms with E-state index < -0.39 is 4.92 Å². The second kappa shape index (κ2) is 9.06. The number of hydrogen-bond acceptors (Lipinski definition) is 7. The number of nitro groups is 1. The Morgan fingerprint density at radius 3 is 2.85 bits per heavy atom. The van der Waals surface area contributed by atoms with E-state index in [0.717, 1.165) is 14.6 Å². The van der Waals surface area contributed by atoms with Crippen molar-refractivity contribution in [1.29, 1.82) is 0 Å². The Morgan fingerprint density at radius 2 is 2.04 bits per heavy atom. The summed E-state index contributed by atoms with van der Waals surface area (Å²) in [5, 5.41) is 14.7. The summed E-state index contributed by atoms with van der Waals surface area (Å²) >= 11 is 2.89. The van der Waals surface area contributed by atoms with Gasteiger partial charge in [-0.05, 0) is 30.4 Å². The normalized spacial score (nSPS) is 11.4. The fraction of sp³-hybridized carbons (Fsp3) is 0.0556. The summed E-state index contributed by atoms with van der Waals surface area (Å²) in [6.07, 6.45) is 4.46. The highest BCUT2D eigenvalue weighted by atomic mass is 32.2. The van der Waals surface area contributed by atoms with Gasteiger partial charge in [0.2, 0.25) is 0 Å². The SMILES string of the molecule is O=C(CSc1nc2ccccc2s1)N/N=C/C=C/c1ccccc1[N+](=O)[O-]. The molecule has 27 heavy (non-hydrogen) atoms. The fourth-order valence-corrected chi connectivity index (χ4v) is 4.03. The van der Waals surface area contributed by atoms with Gasteiger partial charge in [0, 0.05) is 12.3 Å². The molecule has 0 aliphatic carbocycles. The summed E-state index contributed by atoms with van der Waals surface area (Å²) in [5.74, 6) is -0.0556. The summed E-state index contributed by atoms with van der Waals surface area (Å²) in [5.41, 5.74) is 3.81. The zero-order chi connectivity index (χ0) is 19.1. The molecule has 136 valence electrons. The third-order valence-electron chi connectivity index (χ3n) is 3.36. The summed E-state index contributed by atoms with van der Waals surface area (Å²) in [7, 11) is 0. The van der Waals surface area contributed by atoms with Crippen LogP contribution < -0.4 is 5.43 Å². The van der Waals surface area contributed by atoms with Crippen LogP contribution in [0.15, 0.2) is 64.0 Å². The Morgan fingerprint density at radius 1 is 1.26 bits per heavy atom. The van der Waals surface area contributed by atoms with Gasteiger partial charge in [-0.2, -0.15) is 5.10 Å². The van der Waals surface area contributed by atoms with Gasteiger partial charge in [-0.15, -0.1) is 11.3 Å². The molecule has 0 saturated carbocycles. The van der Waals surface area contributed by atoms with Crippen molar-refractivity contribution in [1.82, 2.24) is 10.4 Å². The van der Waals surface area contributed by atoms with Crippen molar-refractivity contribution in [2.24, 2.45) is 5.10 Å². The summed E-state index contributed by atoms with van der Waals surface area (Å²) in [4.78, 5) is 26.7. The van der Waals surface area contributed by atoms with Crippen LogP contribution in [0.4, 0.5) is 5.69 Å². The van der Waals surface area contributed by atoms with Gasteiger partial charge in [0.15, 0.2) is 4.34 Å². The molecule has 0 radical (unpaired) electrons. The molecule has 0 fully saturated rings. The minimum Gasteiger partial charge on any atom is -0.272 e. The van der Waals surface area contributed by atoms with Gasteiger partial charge in [0.25, 0.3) is 11.6 Å². The van der Waals surface area contributed by atoms with Crippen molar-refractivity contribution in [3.05, 3.63) is 70.3 Å². The minimum atomic E-state index is -0.447. The lowest BCUT2D eigenvalue weighted by molar-refractivity contribution is -0.385. The van der Waals surface area contributed by atoms with Crippen LogP contribution in [0.1, 0.15) is 5.56 Å². The van der Waals surface area contributed by atoms with Gasteiger partial charge in [0.1, 0.15) is 0 Å². The molecule has 2 aromatic carbocycles. The monoisotopic (exact) mass is 398 g/mol. The van der Waals surface area contributed by atoms with Gasteiger partial charge in [-0.25, -0.2) is 10.4 Å². The van der Waals surface area contributed by atoms with Crippen LogP contribution in [-0.4, -0.2) is 27.8 Å². The number of hydrazone groups is 1. The number of fused-ring (bicyclic) bond motifs is 1. The number of para-hydroxylation sites is 2. The van der Waals surface area contributed by atoms with E-state index in [4.69, 9.17) is 0 Å². The van der Waals surface area contributed by atoms with E-state index in [9.17, 15) is 14.9 Å². The number of rotatable bonds is 7. The van der Waals surface area contributed by atoms with E-state index in [1.165, 1.54) is 41.5 Å². The molecule has 0 unspecified atom stereocenters. The summed E-state index contributed by atoms with van der Waals surface area (Å²) in [6.45, 7) is 0. The Labute approximate surface area is 163 Å². The standard InChI is InChI=1S/C18H14N4O3S2/c23-17(12-26-18-20-14-8-2-4-10-16(14)27-18)21-19-11-5-7-13-6-1-3-9-15(13)22(24)25/h1-11H,12H2,(H,21,23)/b7-5+,19-11+. The topological polar surface area (TPSA) is 97.5 Å². The number of carbonyl (C=O) groups excluding carboxylic acids is 1. The van der Waals surface area contributed by atoms with Crippen LogP contribution in [0.5, 0.6) is 0 Å². The molecule has 0 atom stereocenters. The van der Waals surface area contributed by atoms with Crippen molar-refractivity contribution in [2.75, 3.05) is 5.75 Å². The van der Waals surface area contributed by atoms with Gasteiger partial charge < -0.3 is 0 Å². The predicted octanol–water partition coefficient (Wildman–Crippen LogP) is 4.11. The van der Waals surface area contributed by atoms with E-state index in [-0.39, 0.29) is 17.3 Å². The molecule has 0 saturated heterocycles. The van der Waals surface area contributed by atoms with Crippen molar-refractivity contribution in [3.63, 3.8) is 0 Å². The number of aromatic nitrogens is 1. The maximum Gasteiger partial charge on any atom is 0.276 e. The molecule has 7 nitrogen and oxygen atoms in total. The lowest BCUT2D eigenvalue weighted by atomic mass is 10.2. The van der Waals surface area contributed by atoms with Crippen LogP contribution in [0.3, 0.4) is 0 Å². The number of allylic oxidation sites excluding steroid dienone is 1. The molecule has 1 aromatic heterocycles. The molecule has 0 aliphatic heterocycles. The van der Waals surface area contributed by atoms with E-state index in [2.05, 4.69) is 15.5 Å². The zero-order valence-corrected chi connectivity index (χ0v) is 15.6. The largest absolute Gasteiger partial charge is 0.276 e. The number of benzene rings is 2. The first-order chi connectivity index (χ1) is 13.1. The van der Waals surface area contributed by atoms with E-state index in [1.54, 1.807) is 24.3 Å². The highest BCUT2D eigenvalue weighted by Gasteiger charge is 2.09. The highest BCUT2D eigenvalue weighted by Crippen LogP contribution is 2.29. The number of thiazole rings is 1. The number of nitro benzene ring substituents is 1. The average Bonchev–Trinajstić information content (AvgIpc) is 3.09. The fourth-order valence-electron chi connectivity index (χ4n) is 2.17. The van der Waals surface area contributed by atoms with Crippen LogP contribution in [0.2, 0.25) is 0 Å². The number of carbonyl (C=O) groups is 1. The lowest BCUT2D eigenvalue weighted by Crippen LogP contribution is -2.19. The highest BCUT2D eigenvalue weighted by molar-refractivity contribution is 8.01. The van der Waals surface area contributed by atoms with Crippen LogP contribution in [-0.2, 0) is 4.79 Å².